The van der Waals surface area contributed by atoms with Crippen molar-refractivity contribution in [1.82, 2.24) is 5.32 Å². The maximum atomic E-state index is 11.7. The normalized spacial score (nSPS) is 12.9. The van der Waals surface area contributed by atoms with E-state index in [-0.39, 0.29) is 17.6 Å². The number of halogens is 3. The van der Waals surface area contributed by atoms with Crippen molar-refractivity contribution in [2.45, 2.75) is 30.8 Å². The van der Waals surface area contributed by atoms with Gasteiger partial charge in [0, 0.05) is 11.5 Å². The summed E-state index contributed by atoms with van der Waals surface area (Å²) in [6.45, 7) is 4.89. The van der Waals surface area contributed by atoms with E-state index < -0.39 is 10.0 Å². The Kier molecular flexibility index (Phi) is 6.32. The molecule has 0 spiro atoms. The van der Waals surface area contributed by atoms with Crippen LogP contribution in [0.5, 0.6) is 5.75 Å². The fourth-order valence-corrected chi connectivity index (χ4v) is 1.68. The fourth-order valence-electron chi connectivity index (χ4n) is 1.38. The Morgan fingerprint density at radius 1 is 1.14 bits per heavy atom. The summed E-state index contributed by atoms with van der Waals surface area (Å²) >= 11 is 17.4. The summed E-state index contributed by atoms with van der Waals surface area (Å²) in [6.07, 6.45) is -1.14. The van der Waals surface area contributed by atoms with E-state index >= 15 is 0 Å². The number of alkyl halides is 3. The molecule has 116 valence electrons. The molecule has 1 rings (SSSR count). The second-order valence-electron chi connectivity index (χ2n) is 4.78. The van der Waals surface area contributed by atoms with Gasteiger partial charge in [-0.3, -0.25) is 9.59 Å². The number of hydrogen-bond acceptors (Lipinski definition) is 3. The molecule has 7 heteroatoms. The molecule has 1 aromatic carbocycles. The molecule has 0 aromatic heterocycles. The molecule has 21 heavy (non-hydrogen) atoms. The van der Waals surface area contributed by atoms with Crippen molar-refractivity contribution in [3.63, 3.8) is 0 Å². The molecule has 0 aliphatic heterocycles. The summed E-state index contributed by atoms with van der Waals surface area (Å²) in [5.74, 6) is -0.261. The summed E-state index contributed by atoms with van der Waals surface area (Å²) in [7, 11) is 0. The number of ketones is 1. The Bertz CT molecular complexity index is 509. The molecular weight excluding hydrogens is 337 g/mol. The summed E-state index contributed by atoms with van der Waals surface area (Å²) < 4.78 is 3.67. The number of hydrogen-bond donors (Lipinski definition) is 1. The highest BCUT2D eigenvalue weighted by molar-refractivity contribution is 6.68. The van der Waals surface area contributed by atoms with E-state index in [1.54, 1.807) is 38.1 Å². The smallest absolute Gasteiger partial charge is 0.246 e. The van der Waals surface area contributed by atoms with Crippen molar-refractivity contribution in [1.29, 1.82) is 0 Å². The van der Waals surface area contributed by atoms with Crippen LogP contribution in [0.25, 0.3) is 0 Å². The number of Topliss-reactive ketones (excluding diaryl/α,β-unsaturated/α-hetero) is 1. The Hall–Kier alpha value is -0.970. The van der Waals surface area contributed by atoms with Crippen molar-refractivity contribution in [2.24, 2.45) is 5.92 Å². The van der Waals surface area contributed by atoms with Crippen molar-refractivity contribution in [2.75, 3.05) is 0 Å². The Labute approximate surface area is 138 Å². The third kappa shape index (κ3) is 5.73. The van der Waals surface area contributed by atoms with Crippen LogP contribution in [-0.2, 0) is 4.79 Å². The number of ether oxygens (including phenoxy) is 1. The number of nitrogens with one attached hydrogen (secondary N) is 1. The lowest BCUT2D eigenvalue weighted by Crippen LogP contribution is -2.49. The standard InChI is InChI=1S/C14H16Cl3NO3/c1-8(2)12(20)18-13(14(15,16)17)21-11-6-4-10(5-7-11)9(3)19/h4-8,13H,1-3H3,(H,18,20)/t13-/m1/s1. The SMILES string of the molecule is CC(=O)c1ccc(O[C@@H](NC(=O)C(C)C)C(Cl)(Cl)Cl)cc1. The van der Waals surface area contributed by atoms with Gasteiger partial charge in [0.15, 0.2) is 5.78 Å². The molecule has 1 amide bonds. The fraction of sp³-hybridized carbons (Fsp3) is 0.429. The van der Waals surface area contributed by atoms with E-state index in [1.807, 2.05) is 0 Å². The molecule has 1 N–H and O–H groups in total. The molecule has 0 radical (unpaired) electrons. The molecule has 0 aliphatic rings. The number of amides is 1. The van der Waals surface area contributed by atoms with Crippen molar-refractivity contribution >= 4 is 46.5 Å². The van der Waals surface area contributed by atoms with Gasteiger partial charge >= 0.3 is 0 Å². The highest BCUT2D eigenvalue weighted by atomic mass is 35.6. The highest BCUT2D eigenvalue weighted by Crippen LogP contribution is 2.32. The minimum absolute atomic E-state index is 0.0624. The third-order valence-electron chi connectivity index (χ3n) is 2.61. The van der Waals surface area contributed by atoms with E-state index in [0.717, 1.165) is 0 Å². The first kappa shape index (κ1) is 18.1. The van der Waals surface area contributed by atoms with E-state index in [1.165, 1.54) is 6.92 Å². The average molecular weight is 353 g/mol. The van der Waals surface area contributed by atoms with Crippen LogP contribution in [0.2, 0.25) is 0 Å². The number of carbonyl (C=O) groups excluding carboxylic acids is 2. The van der Waals surface area contributed by atoms with Crippen LogP contribution in [0.1, 0.15) is 31.1 Å². The van der Waals surface area contributed by atoms with Gasteiger partial charge in [0.1, 0.15) is 5.75 Å². The summed E-state index contributed by atoms with van der Waals surface area (Å²) in [5.41, 5.74) is 0.541. The molecule has 0 heterocycles. The van der Waals surface area contributed by atoms with Gasteiger partial charge in [0.25, 0.3) is 0 Å². The van der Waals surface area contributed by atoms with E-state index in [9.17, 15) is 9.59 Å². The largest absolute Gasteiger partial charge is 0.466 e. The lowest BCUT2D eigenvalue weighted by atomic mass is 10.1. The Morgan fingerprint density at radius 3 is 2.05 bits per heavy atom. The van der Waals surface area contributed by atoms with Gasteiger partial charge < -0.3 is 10.1 Å². The van der Waals surface area contributed by atoms with Gasteiger partial charge in [0.05, 0.1) is 0 Å². The predicted molar refractivity (Wildman–Crippen MR) is 84.1 cm³/mol. The zero-order valence-electron chi connectivity index (χ0n) is 11.8. The van der Waals surface area contributed by atoms with Crippen molar-refractivity contribution in [3.05, 3.63) is 29.8 Å². The first-order chi connectivity index (χ1) is 9.61. The zero-order chi connectivity index (χ0) is 16.2. The van der Waals surface area contributed by atoms with Gasteiger partial charge in [0.2, 0.25) is 15.9 Å². The van der Waals surface area contributed by atoms with Crippen LogP contribution in [0, 0.1) is 5.92 Å². The maximum Gasteiger partial charge on any atom is 0.246 e. The molecule has 1 aromatic rings. The quantitative estimate of drug-likeness (QED) is 0.499. The van der Waals surface area contributed by atoms with Crippen LogP contribution >= 0.6 is 34.8 Å². The predicted octanol–water partition coefficient (Wildman–Crippen LogP) is 3.74. The number of rotatable bonds is 5. The second-order valence-corrected chi connectivity index (χ2v) is 7.15. The lowest BCUT2D eigenvalue weighted by Gasteiger charge is -2.27. The highest BCUT2D eigenvalue weighted by Gasteiger charge is 2.36. The van der Waals surface area contributed by atoms with Gasteiger partial charge in [-0.2, -0.15) is 0 Å². The maximum absolute atomic E-state index is 11.7. The van der Waals surface area contributed by atoms with E-state index in [0.29, 0.717) is 11.3 Å². The summed E-state index contributed by atoms with van der Waals surface area (Å²) in [6, 6.07) is 6.33. The summed E-state index contributed by atoms with van der Waals surface area (Å²) in [5, 5.41) is 2.52. The van der Waals surface area contributed by atoms with Crippen molar-refractivity contribution < 1.29 is 14.3 Å². The molecular formula is C14H16Cl3NO3. The zero-order valence-corrected chi connectivity index (χ0v) is 14.1. The second kappa shape index (κ2) is 7.34. The molecule has 0 aliphatic carbocycles. The Morgan fingerprint density at radius 2 is 1.67 bits per heavy atom. The van der Waals surface area contributed by atoms with Crippen LogP contribution in [0.4, 0.5) is 0 Å². The van der Waals surface area contributed by atoms with Crippen LogP contribution in [0.3, 0.4) is 0 Å². The molecule has 0 unspecified atom stereocenters. The van der Waals surface area contributed by atoms with Crippen LogP contribution in [-0.4, -0.2) is 21.7 Å². The molecule has 1 atom stereocenters. The molecule has 0 saturated heterocycles. The molecule has 4 nitrogen and oxygen atoms in total. The third-order valence-corrected chi connectivity index (χ3v) is 3.20. The first-order valence-corrected chi connectivity index (χ1v) is 7.39. The van der Waals surface area contributed by atoms with Crippen LogP contribution in [0.15, 0.2) is 24.3 Å². The van der Waals surface area contributed by atoms with Gasteiger partial charge in [-0.15, -0.1) is 0 Å². The van der Waals surface area contributed by atoms with Gasteiger partial charge in [-0.25, -0.2) is 0 Å². The van der Waals surface area contributed by atoms with Crippen molar-refractivity contribution in [3.8, 4) is 5.75 Å². The van der Waals surface area contributed by atoms with E-state index in [4.69, 9.17) is 39.5 Å². The monoisotopic (exact) mass is 351 g/mol. The molecule has 0 saturated carbocycles. The minimum Gasteiger partial charge on any atom is -0.466 e. The first-order valence-electron chi connectivity index (χ1n) is 6.26. The lowest BCUT2D eigenvalue weighted by molar-refractivity contribution is -0.126. The summed E-state index contributed by atoms with van der Waals surface area (Å²) in [4.78, 5) is 22.9. The average Bonchev–Trinajstić information content (AvgIpc) is 2.37. The van der Waals surface area contributed by atoms with Gasteiger partial charge in [-0.05, 0) is 31.2 Å². The van der Waals surface area contributed by atoms with E-state index in [2.05, 4.69) is 5.32 Å². The number of carbonyl (C=O) groups is 2. The number of benzene rings is 1. The topological polar surface area (TPSA) is 55.4 Å². The van der Waals surface area contributed by atoms with Gasteiger partial charge in [-0.1, -0.05) is 48.7 Å². The molecule has 0 fully saturated rings. The van der Waals surface area contributed by atoms with Crippen LogP contribution < -0.4 is 10.1 Å². The molecule has 0 bridgehead atoms. The minimum atomic E-state index is -1.83. The Balaban J connectivity index is 2.86.